The van der Waals surface area contributed by atoms with E-state index < -0.39 is 0 Å². The number of likely N-dealkylation sites (tertiary alicyclic amines) is 1. The van der Waals surface area contributed by atoms with E-state index in [4.69, 9.17) is 14.1 Å². The number of esters is 1. The Morgan fingerprint density at radius 3 is 2.71 bits per heavy atom. The molecule has 3 rings (SSSR count). The lowest BCUT2D eigenvalue weighted by Crippen LogP contribution is -2.47. The molecule has 2 fully saturated rings. The van der Waals surface area contributed by atoms with Crippen LogP contribution in [0, 0.1) is 11.8 Å². The van der Waals surface area contributed by atoms with Crippen LogP contribution in [0.4, 0.5) is 0 Å². The fourth-order valence-electron chi connectivity index (χ4n) is 4.19. The molecule has 0 amide bonds. The van der Waals surface area contributed by atoms with Gasteiger partial charge in [-0.05, 0) is 50.7 Å². The molecule has 0 spiro atoms. The Morgan fingerprint density at radius 1 is 1.25 bits per heavy atom. The highest BCUT2D eigenvalue weighted by molar-refractivity contribution is 5.80. The van der Waals surface area contributed by atoms with Crippen LogP contribution in [0.5, 0.6) is 0 Å². The number of rotatable bonds is 7. The maximum Gasteiger partial charge on any atom is 0.309 e. The summed E-state index contributed by atoms with van der Waals surface area (Å²) in [6.07, 6.45) is 10.9. The number of ether oxygens (including phenoxy) is 1. The maximum atomic E-state index is 12.0. The third-order valence-corrected chi connectivity index (χ3v) is 5.87. The van der Waals surface area contributed by atoms with Crippen molar-refractivity contribution >= 4 is 11.9 Å². The van der Waals surface area contributed by atoms with Gasteiger partial charge in [0.15, 0.2) is 5.96 Å². The standard InChI is InChI=1S/C22H35N3O3/c1-2-27-21(26)19-11-14-25(15-12-19)22(23-13-10-20-9-6-16-28-20)24-17-18-7-4-3-5-8-18/h6,9,16,18-19H,2-5,7-8,10-15,17H2,1H3,(H,23,24). The van der Waals surface area contributed by atoms with E-state index in [1.807, 2.05) is 19.1 Å². The second-order valence-corrected chi connectivity index (χ2v) is 7.94. The Bertz CT molecular complexity index is 601. The van der Waals surface area contributed by atoms with Crippen LogP contribution >= 0.6 is 0 Å². The molecule has 1 N–H and O–H groups in total. The number of nitrogens with one attached hydrogen (secondary N) is 1. The van der Waals surface area contributed by atoms with E-state index in [0.717, 1.165) is 57.2 Å². The molecule has 156 valence electrons. The van der Waals surface area contributed by atoms with Crippen molar-refractivity contribution < 1.29 is 13.9 Å². The summed E-state index contributed by atoms with van der Waals surface area (Å²) in [5.41, 5.74) is 0. The molecule has 1 aromatic heterocycles. The van der Waals surface area contributed by atoms with Crippen molar-refractivity contribution in [1.82, 2.24) is 10.2 Å². The van der Waals surface area contributed by atoms with Gasteiger partial charge in [-0.2, -0.15) is 0 Å². The maximum absolute atomic E-state index is 12.0. The number of guanidine groups is 1. The zero-order valence-corrected chi connectivity index (χ0v) is 17.2. The van der Waals surface area contributed by atoms with Crippen LogP contribution in [0.25, 0.3) is 0 Å². The molecule has 0 atom stereocenters. The summed E-state index contributed by atoms with van der Waals surface area (Å²) in [6, 6.07) is 3.93. The first kappa shape index (κ1) is 20.7. The molecule has 1 saturated carbocycles. The van der Waals surface area contributed by atoms with Crippen LogP contribution in [0.2, 0.25) is 0 Å². The van der Waals surface area contributed by atoms with Gasteiger partial charge in [0, 0.05) is 32.6 Å². The van der Waals surface area contributed by atoms with Gasteiger partial charge in [-0.3, -0.25) is 9.79 Å². The van der Waals surface area contributed by atoms with Gasteiger partial charge < -0.3 is 19.4 Å². The van der Waals surface area contributed by atoms with Crippen molar-refractivity contribution in [3.63, 3.8) is 0 Å². The molecule has 2 aliphatic rings. The highest BCUT2D eigenvalue weighted by Crippen LogP contribution is 2.24. The molecule has 0 radical (unpaired) electrons. The van der Waals surface area contributed by atoms with E-state index in [0.29, 0.717) is 12.5 Å². The Labute approximate surface area is 168 Å². The largest absolute Gasteiger partial charge is 0.469 e. The molecule has 2 heterocycles. The molecular formula is C22H35N3O3. The van der Waals surface area contributed by atoms with Crippen molar-refractivity contribution in [1.29, 1.82) is 0 Å². The molecule has 1 saturated heterocycles. The highest BCUT2D eigenvalue weighted by Gasteiger charge is 2.27. The van der Waals surface area contributed by atoms with Gasteiger partial charge in [0.2, 0.25) is 0 Å². The van der Waals surface area contributed by atoms with Gasteiger partial charge in [0.1, 0.15) is 5.76 Å². The van der Waals surface area contributed by atoms with Crippen LogP contribution in [-0.4, -0.2) is 49.6 Å². The van der Waals surface area contributed by atoms with E-state index in [9.17, 15) is 4.79 Å². The molecule has 0 unspecified atom stereocenters. The van der Waals surface area contributed by atoms with Crippen molar-refractivity contribution in [2.75, 3.05) is 32.8 Å². The molecule has 1 aromatic rings. The summed E-state index contributed by atoms with van der Waals surface area (Å²) < 4.78 is 10.6. The number of carbonyl (C=O) groups excluding carboxylic acids is 1. The minimum atomic E-state index is -0.0476. The van der Waals surface area contributed by atoms with E-state index >= 15 is 0 Å². The van der Waals surface area contributed by atoms with Crippen LogP contribution in [0.1, 0.15) is 57.6 Å². The lowest BCUT2D eigenvalue weighted by Gasteiger charge is -2.33. The molecule has 0 aromatic carbocycles. The second-order valence-electron chi connectivity index (χ2n) is 7.94. The zero-order valence-electron chi connectivity index (χ0n) is 17.2. The summed E-state index contributed by atoms with van der Waals surface area (Å²) in [7, 11) is 0. The van der Waals surface area contributed by atoms with Crippen LogP contribution in [-0.2, 0) is 16.0 Å². The minimum Gasteiger partial charge on any atom is -0.469 e. The predicted molar refractivity (Wildman–Crippen MR) is 110 cm³/mol. The third-order valence-electron chi connectivity index (χ3n) is 5.87. The molecular weight excluding hydrogens is 354 g/mol. The lowest BCUT2D eigenvalue weighted by molar-refractivity contribution is -0.149. The summed E-state index contributed by atoms with van der Waals surface area (Å²) in [5, 5.41) is 3.54. The summed E-state index contributed by atoms with van der Waals surface area (Å²) >= 11 is 0. The first-order valence-corrected chi connectivity index (χ1v) is 11.0. The SMILES string of the molecule is CCOC(=O)C1CCN(C(=NCC2CCCCC2)NCCc2ccco2)CC1. The Balaban J connectivity index is 1.54. The number of furan rings is 1. The van der Waals surface area contributed by atoms with Crippen LogP contribution in [0.3, 0.4) is 0 Å². The van der Waals surface area contributed by atoms with E-state index in [-0.39, 0.29) is 11.9 Å². The van der Waals surface area contributed by atoms with Crippen molar-refractivity contribution in [2.45, 2.75) is 58.3 Å². The predicted octanol–water partition coefficient (Wildman–Crippen LogP) is 3.62. The van der Waals surface area contributed by atoms with Gasteiger partial charge in [0.25, 0.3) is 0 Å². The van der Waals surface area contributed by atoms with Gasteiger partial charge in [-0.15, -0.1) is 0 Å². The smallest absolute Gasteiger partial charge is 0.309 e. The number of carbonyl (C=O) groups is 1. The molecule has 1 aliphatic carbocycles. The monoisotopic (exact) mass is 389 g/mol. The quantitative estimate of drug-likeness (QED) is 0.438. The van der Waals surface area contributed by atoms with Crippen molar-refractivity contribution in [3.8, 4) is 0 Å². The van der Waals surface area contributed by atoms with Crippen molar-refractivity contribution in [2.24, 2.45) is 16.8 Å². The van der Waals surface area contributed by atoms with Gasteiger partial charge >= 0.3 is 5.97 Å². The summed E-state index contributed by atoms with van der Waals surface area (Å²) in [4.78, 5) is 19.3. The van der Waals surface area contributed by atoms with Gasteiger partial charge in [0.05, 0.1) is 18.8 Å². The second kappa shape index (κ2) is 11.1. The first-order chi connectivity index (χ1) is 13.8. The summed E-state index contributed by atoms with van der Waals surface area (Å²) in [5.74, 6) is 2.67. The highest BCUT2D eigenvalue weighted by atomic mass is 16.5. The molecule has 6 heteroatoms. The Morgan fingerprint density at radius 2 is 2.04 bits per heavy atom. The average Bonchev–Trinajstić information content (AvgIpc) is 3.25. The average molecular weight is 390 g/mol. The van der Waals surface area contributed by atoms with Crippen LogP contribution < -0.4 is 5.32 Å². The van der Waals surface area contributed by atoms with Crippen molar-refractivity contribution in [3.05, 3.63) is 24.2 Å². The normalized spacial score (nSPS) is 19.6. The number of hydrogen-bond acceptors (Lipinski definition) is 4. The topological polar surface area (TPSA) is 67.1 Å². The fraction of sp³-hybridized carbons (Fsp3) is 0.727. The molecule has 0 bridgehead atoms. The van der Waals surface area contributed by atoms with Gasteiger partial charge in [-0.1, -0.05) is 19.3 Å². The molecule has 6 nitrogen and oxygen atoms in total. The van der Waals surface area contributed by atoms with Crippen LogP contribution in [0.15, 0.2) is 27.8 Å². The number of hydrogen-bond donors (Lipinski definition) is 1. The summed E-state index contributed by atoms with van der Waals surface area (Å²) in [6.45, 7) is 5.73. The van der Waals surface area contributed by atoms with E-state index in [1.54, 1.807) is 6.26 Å². The van der Waals surface area contributed by atoms with E-state index in [2.05, 4.69) is 10.2 Å². The lowest BCUT2D eigenvalue weighted by atomic mass is 9.89. The fourth-order valence-corrected chi connectivity index (χ4v) is 4.19. The third kappa shape index (κ3) is 6.28. The molecule has 28 heavy (non-hydrogen) atoms. The van der Waals surface area contributed by atoms with E-state index in [1.165, 1.54) is 32.1 Å². The minimum absolute atomic E-state index is 0.0268. The zero-order chi connectivity index (χ0) is 19.6. The number of nitrogens with zero attached hydrogens (tertiary/aromatic N) is 2. The van der Waals surface area contributed by atoms with Gasteiger partial charge in [-0.25, -0.2) is 0 Å². The number of aliphatic imine (C=N–C) groups is 1. The first-order valence-electron chi connectivity index (χ1n) is 11.0. The number of piperidine rings is 1. The molecule has 1 aliphatic heterocycles. The Kier molecular flexibility index (Phi) is 8.24. The Hall–Kier alpha value is -1.98.